The smallest absolute Gasteiger partial charge is 0.241 e. The normalized spacial score (nSPS) is 13.9. The molecule has 0 aliphatic heterocycles. The minimum absolute atomic E-state index is 0.0477. The van der Waals surface area contributed by atoms with Crippen LogP contribution in [0.25, 0.3) is 0 Å². The van der Waals surface area contributed by atoms with Gasteiger partial charge in [0.2, 0.25) is 5.91 Å². The van der Waals surface area contributed by atoms with Crippen molar-refractivity contribution >= 4 is 5.91 Å². The second-order valence-electron chi connectivity index (χ2n) is 7.85. The molecule has 0 fully saturated rings. The van der Waals surface area contributed by atoms with Gasteiger partial charge in [-0.1, -0.05) is 53.7 Å². The summed E-state index contributed by atoms with van der Waals surface area (Å²) >= 11 is 0. The monoisotopic (exact) mass is 292 g/mol. The highest BCUT2D eigenvalue weighted by atomic mass is 16.3. The molecule has 4 nitrogen and oxygen atoms in total. The summed E-state index contributed by atoms with van der Waals surface area (Å²) in [7, 11) is 0. The summed E-state index contributed by atoms with van der Waals surface area (Å²) in [6.07, 6.45) is 0.608. The van der Waals surface area contributed by atoms with Crippen LogP contribution in [0.5, 0.6) is 5.75 Å². The van der Waals surface area contributed by atoms with E-state index in [4.69, 9.17) is 5.84 Å². The number of benzene rings is 1. The van der Waals surface area contributed by atoms with Crippen LogP contribution in [0.1, 0.15) is 65.0 Å². The zero-order valence-electron chi connectivity index (χ0n) is 13.9. The van der Waals surface area contributed by atoms with E-state index in [-0.39, 0.29) is 22.5 Å². The molecule has 1 atom stereocenters. The Morgan fingerprint density at radius 1 is 1.24 bits per heavy atom. The standard InChI is InChI=1S/C17H28N2O2/c1-16(2,3)10-13(15(21)19-18)12-9-11(17(4,5)6)7-8-14(12)20/h7-9,13,20H,10,18H2,1-6H3,(H,19,21). The quantitative estimate of drug-likeness (QED) is 0.455. The SMILES string of the molecule is CC(C)(C)CC(C(=O)NN)c1cc(C(C)(C)C)ccc1O. The van der Waals surface area contributed by atoms with Gasteiger partial charge in [-0.25, -0.2) is 5.84 Å². The Morgan fingerprint density at radius 2 is 1.81 bits per heavy atom. The molecule has 4 N–H and O–H groups in total. The number of nitrogens with two attached hydrogens (primary N) is 1. The van der Waals surface area contributed by atoms with E-state index in [9.17, 15) is 9.90 Å². The highest BCUT2D eigenvalue weighted by Gasteiger charge is 2.29. The third kappa shape index (κ3) is 4.74. The molecule has 1 aromatic rings. The molecule has 0 heterocycles. The van der Waals surface area contributed by atoms with Crippen molar-refractivity contribution in [2.24, 2.45) is 11.3 Å². The van der Waals surface area contributed by atoms with Gasteiger partial charge in [-0.05, 0) is 28.9 Å². The van der Waals surface area contributed by atoms with Gasteiger partial charge < -0.3 is 5.11 Å². The van der Waals surface area contributed by atoms with Gasteiger partial charge in [0.1, 0.15) is 5.75 Å². The summed E-state index contributed by atoms with van der Waals surface area (Å²) in [5.41, 5.74) is 3.84. The largest absolute Gasteiger partial charge is 0.508 e. The summed E-state index contributed by atoms with van der Waals surface area (Å²) in [5.74, 6) is 4.73. The Labute approximate surface area is 127 Å². The van der Waals surface area contributed by atoms with Crippen LogP contribution < -0.4 is 11.3 Å². The molecule has 0 saturated carbocycles. The van der Waals surface area contributed by atoms with Crippen molar-refractivity contribution in [1.29, 1.82) is 0 Å². The average Bonchev–Trinajstić information content (AvgIpc) is 2.33. The predicted molar refractivity (Wildman–Crippen MR) is 85.9 cm³/mol. The highest BCUT2D eigenvalue weighted by Crippen LogP contribution is 2.37. The van der Waals surface area contributed by atoms with Crippen molar-refractivity contribution in [2.45, 2.75) is 59.3 Å². The lowest BCUT2D eigenvalue weighted by Gasteiger charge is -2.27. The van der Waals surface area contributed by atoms with Gasteiger partial charge in [0.05, 0.1) is 5.92 Å². The fourth-order valence-electron chi connectivity index (χ4n) is 2.36. The number of rotatable bonds is 3. The van der Waals surface area contributed by atoms with Crippen LogP contribution in [-0.4, -0.2) is 11.0 Å². The summed E-state index contributed by atoms with van der Waals surface area (Å²) in [4.78, 5) is 12.2. The van der Waals surface area contributed by atoms with Gasteiger partial charge in [-0.2, -0.15) is 0 Å². The summed E-state index contributed by atoms with van der Waals surface area (Å²) in [6.45, 7) is 12.5. The Kier molecular flexibility index (Phi) is 5.05. The number of aromatic hydroxyl groups is 1. The second kappa shape index (κ2) is 6.06. The molecule has 0 aliphatic rings. The molecule has 1 amide bonds. The predicted octanol–water partition coefficient (Wildman–Crippen LogP) is 3.20. The van der Waals surface area contributed by atoms with Crippen LogP contribution in [0.3, 0.4) is 0 Å². The second-order valence-corrected chi connectivity index (χ2v) is 7.85. The van der Waals surface area contributed by atoms with Gasteiger partial charge in [0.25, 0.3) is 0 Å². The van der Waals surface area contributed by atoms with Crippen molar-refractivity contribution < 1.29 is 9.90 Å². The van der Waals surface area contributed by atoms with Crippen LogP contribution in [0.4, 0.5) is 0 Å². The Hall–Kier alpha value is -1.55. The van der Waals surface area contributed by atoms with E-state index in [1.807, 2.05) is 12.1 Å². The number of nitrogens with one attached hydrogen (secondary N) is 1. The van der Waals surface area contributed by atoms with Crippen molar-refractivity contribution in [1.82, 2.24) is 5.43 Å². The first-order chi connectivity index (χ1) is 9.45. The van der Waals surface area contributed by atoms with Crippen LogP contribution in [0.15, 0.2) is 18.2 Å². The van der Waals surface area contributed by atoms with E-state index in [0.717, 1.165) is 5.56 Å². The molecule has 0 aromatic heterocycles. The van der Waals surface area contributed by atoms with Crippen molar-refractivity contribution in [3.8, 4) is 5.75 Å². The lowest BCUT2D eigenvalue weighted by molar-refractivity contribution is -0.123. The van der Waals surface area contributed by atoms with Crippen LogP contribution in [0.2, 0.25) is 0 Å². The molecule has 1 rings (SSSR count). The fraction of sp³-hybridized carbons (Fsp3) is 0.588. The molecule has 4 heteroatoms. The maximum atomic E-state index is 12.2. The molecule has 0 bridgehead atoms. The van der Waals surface area contributed by atoms with Crippen LogP contribution >= 0.6 is 0 Å². The number of phenols is 1. The van der Waals surface area contributed by atoms with Crippen molar-refractivity contribution in [3.05, 3.63) is 29.3 Å². The van der Waals surface area contributed by atoms with E-state index < -0.39 is 5.92 Å². The lowest BCUT2D eigenvalue weighted by Crippen LogP contribution is -2.36. The molecular weight excluding hydrogens is 264 g/mol. The maximum Gasteiger partial charge on any atom is 0.241 e. The third-order valence-corrected chi connectivity index (χ3v) is 3.54. The first-order valence-electron chi connectivity index (χ1n) is 7.29. The van der Waals surface area contributed by atoms with E-state index in [0.29, 0.717) is 12.0 Å². The topological polar surface area (TPSA) is 75.4 Å². The van der Waals surface area contributed by atoms with Gasteiger partial charge in [0, 0.05) is 5.56 Å². The van der Waals surface area contributed by atoms with Gasteiger partial charge in [-0.3, -0.25) is 10.2 Å². The van der Waals surface area contributed by atoms with E-state index in [1.54, 1.807) is 6.07 Å². The van der Waals surface area contributed by atoms with E-state index in [1.165, 1.54) is 0 Å². The molecule has 118 valence electrons. The molecule has 0 saturated heterocycles. The first-order valence-corrected chi connectivity index (χ1v) is 7.29. The molecular formula is C17H28N2O2. The molecule has 0 aliphatic carbocycles. The Bertz CT molecular complexity index is 511. The van der Waals surface area contributed by atoms with Crippen molar-refractivity contribution in [3.63, 3.8) is 0 Å². The number of carbonyl (C=O) groups excluding carboxylic acids is 1. The Morgan fingerprint density at radius 3 is 2.24 bits per heavy atom. The zero-order valence-corrected chi connectivity index (χ0v) is 13.9. The summed E-state index contributed by atoms with van der Waals surface area (Å²) < 4.78 is 0. The van der Waals surface area contributed by atoms with Gasteiger partial charge in [-0.15, -0.1) is 0 Å². The molecule has 21 heavy (non-hydrogen) atoms. The minimum Gasteiger partial charge on any atom is -0.508 e. The zero-order chi connectivity index (χ0) is 16.4. The third-order valence-electron chi connectivity index (χ3n) is 3.54. The lowest BCUT2D eigenvalue weighted by atomic mass is 9.78. The molecule has 1 unspecified atom stereocenters. The number of carbonyl (C=O) groups is 1. The summed E-state index contributed by atoms with van der Waals surface area (Å²) in [6, 6.07) is 5.48. The molecule has 0 radical (unpaired) electrons. The maximum absolute atomic E-state index is 12.2. The Balaban J connectivity index is 3.33. The molecule has 1 aromatic carbocycles. The van der Waals surface area contributed by atoms with E-state index in [2.05, 4.69) is 47.0 Å². The first kappa shape index (κ1) is 17.5. The van der Waals surface area contributed by atoms with Crippen molar-refractivity contribution in [2.75, 3.05) is 0 Å². The van der Waals surface area contributed by atoms with Gasteiger partial charge in [0.15, 0.2) is 0 Å². The van der Waals surface area contributed by atoms with Crippen LogP contribution in [-0.2, 0) is 10.2 Å². The molecule has 0 spiro atoms. The van der Waals surface area contributed by atoms with Gasteiger partial charge >= 0.3 is 0 Å². The number of hydrogen-bond acceptors (Lipinski definition) is 3. The number of hydrazine groups is 1. The summed E-state index contributed by atoms with van der Waals surface area (Å²) in [5, 5.41) is 10.2. The number of phenolic OH excluding ortho intramolecular Hbond substituents is 1. The fourth-order valence-corrected chi connectivity index (χ4v) is 2.36. The van der Waals surface area contributed by atoms with E-state index >= 15 is 0 Å². The average molecular weight is 292 g/mol. The minimum atomic E-state index is -0.461. The highest BCUT2D eigenvalue weighted by molar-refractivity contribution is 5.84. The number of hydrogen-bond donors (Lipinski definition) is 3. The number of amides is 1. The van der Waals surface area contributed by atoms with Crippen LogP contribution in [0, 0.1) is 5.41 Å².